The van der Waals surface area contributed by atoms with Gasteiger partial charge < -0.3 is 0 Å². The lowest BCUT2D eigenvalue weighted by molar-refractivity contribution is 0.355. The lowest BCUT2D eigenvalue weighted by Gasteiger charge is -2.21. The number of hydrogen-bond acceptors (Lipinski definition) is 3. The summed E-state index contributed by atoms with van der Waals surface area (Å²) in [6.07, 6.45) is 12.4. The van der Waals surface area contributed by atoms with Gasteiger partial charge in [-0.05, 0) is 30.3 Å². The van der Waals surface area contributed by atoms with Crippen molar-refractivity contribution in [2.45, 2.75) is 70.8 Å². The van der Waals surface area contributed by atoms with E-state index in [9.17, 15) is 0 Å². The van der Waals surface area contributed by atoms with E-state index >= 15 is 0 Å². The van der Waals surface area contributed by atoms with Gasteiger partial charge in [-0.1, -0.05) is 51.9 Å². The van der Waals surface area contributed by atoms with Crippen LogP contribution < -0.4 is 11.3 Å². The summed E-state index contributed by atoms with van der Waals surface area (Å²) in [5.41, 5.74) is 3.04. The second-order valence-electron chi connectivity index (χ2n) is 5.31. The van der Waals surface area contributed by atoms with E-state index in [1.165, 1.54) is 69.3 Å². The highest BCUT2D eigenvalue weighted by molar-refractivity contribution is 7.99. The molecule has 17 heavy (non-hydrogen) atoms. The van der Waals surface area contributed by atoms with Crippen molar-refractivity contribution in [3.63, 3.8) is 0 Å². The van der Waals surface area contributed by atoms with E-state index in [4.69, 9.17) is 5.84 Å². The second-order valence-corrected chi connectivity index (χ2v) is 6.46. The molecule has 0 radical (unpaired) electrons. The normalized spacial score (nSPS) is 21.9. The highest BCUT2D eigenvalue weighted by atomic mass is 32.2. The van der Waals surface area contributed by atoms with Gasteiger partial charge in [0.15, 0.2) is 0 Å². The van der Waals surface area contributed by atoms with Gasteiger partial charge >= 0.3 is 0 Å². The number of hydrazine groups is 1. The Kier molecular flexibility index (Phi) is 9.21. The van der Waals surface area contributed by atoms with Crippen LogP contribution >= 0.6 is 11.8 Å². The molecule has 0 aliphatic carbocycles. The largest absolute Gasteiger partial charge is 0.271 e. The maximum Gasteiger partial charge on any atom is 0.0246 e. The van der Waals surface area contributed by atoms with E-state index < -0.39 is 0 Å². The van der Waals surface area contributed by atoms with E-state index in [1.54, 1.807) is 0 Å². The smallest absolute Gasteiger partial charge is 0.0246 e. The Morgan fingerprint density at radius 2 is 1.88 bits per heavy atom. The molecule has 2 unspecified atom stereocenters. The van der Waals surface area contributed by atoms with Crippen LogP contribution in [0.15, 0.2) is 0 Å². The van der Waals surface area contributed by atoms with E-state index in [1.807, 2.05) is 0 Å². The number of rotatable bonds is 10. The van der Waals surface area contributed by atoms with Crippen molar-refractivity contribution in [1.82, 2.24) is 5.43 Å². The summed E-state index contributed by atoms with van der Waals surface area (Å²) in [6, 6.07) is 0.570. The van der Waals surface area contributed by atoms with E-state index in [0.29, 0.717) is 6.04 Å². The first-order chi connectivity index (χ1) is 8.38. The van der Waals surface area contributed by atoms with Crippen molar-refractivity contribution in [3.05, 3.63) is 0 Å². The van der Waals surface area contributed by atoms with Crippen molar-refractivity contribution < 1.29 is 0 Å². The summed E-state index contributed by atoms with van der Waals surface area (Å²) in [7, 11) is 0. The van der Waals surface area contributed by atoms with Crippen LogP contribution in [0.1, 0.15) is 64.7 Å². The van der Waals surface area contributed by atoms with Crippen LogP contribution in [0.2, 0.25) is 0 Å². The Hall–Kier alpha value is 0.270. The molecule has 3 heteroatoms. The predicted molar refractivity (Wildman–Crippen MR) is 79.2 cm³/mol. The first-order valence-corrected chi connectivity index (χ1v) is 8.57. The Balaban J connectivity index is 1.96. The molecule has 0 aromatic heterocycles. The number of nitrogens with two attached hydrogens (primary N) is 1. The molecule has 0 amide bonds. The molecule has 2 atom stereocenters. The van der Waals surface area contributed by atoms with E-state index in [0.717, 1.165) is 5.92 Å². The molecule has 102 valence electrons. The van der Waals surface area contributed by atoms with E-state index in [-0.39, 0.29) is 0 Å². The summed E-state index contributed by atoms with van der Waals surface area (Å²) in [5, 5.41) is 0. The average molecular weight is 258 g/mol. The fourth-order valence-corrected chi connectivity index (χ4v) is 3.98. The maximum absolute atomic E-state index is 5.67. The highest BCUT2D eigenvalue weighted by Crippen LogP contribution is 2.28. The molecule has 1 aliphatic rings. The molecule has 1 fully saturated rings. The molecule has 1 rings (SSSR count). The molecule has 0 aromatic carbocycles. The van der Waals surface area contributed by atoms with Gasteiger partial charge in [-0.2, -0.15) is 11.8 Å². The average Bonchev–Trinajstić information content (AvgIpc) is 2.86. The summed E-state index contributed by atoms with van der Waals surface area (Å²) >= 11 is 2.08. The molecule has 3 N–H and O–H groups in total. The lowest BCUT2D eigenvalue weighted by Crippen LogP contribution is -2.40. The van der Waals surface area contributed by atoms with Crippen LogP contribution in [0.25, 0.3) is 0 Å². The molecule has 2 nitrogen and oxygen atoms in total. The van der Waals surface area contributed by atoms with Crippen molar-refractivity contribution in [1.29, 1.82) is 0 Å². The third-order valence-electron chi connectivity index (χ3n) is 3.87. The quantitative estimate of drug-likeness (QED) is 0.356. The summed E-state index contributed by atoms with van der Waals surface area (Å²) in [5.74, 6) is 9.14. The monoisotopic (exact) mass is 258 g/mol. The molecule has 1 saturated heterocycles. The van der Waals surface area contributed by atoms with Crippen molar-refractivity contribution >= 4 is 11.8 Å². The zero-order valence-corrected chi connectivity index (χ0v) is 12.2. The van der Waals surface area contributed by atoms with Gasteiger partial charge in [-0.3, -0.25) is 11.3 Å². The third kappa shape index (κ3) is 6.68. The van der Waals surface area contributed by atoms with Gasteiger partial charge in [0.05, 0.1) is 0 Å². The SMILES string of the molecule is CCCCCCCCCC(NN)C1CCSC1. The van der Waals surface area contributed by atoms with Crippen molar-refractivity contribution in [2.24, 2.45) is 11.8 Å². The summed E-state index contributed by atoms with van der Waals surface area (Å²) in [4.78, 5) is 0. The Bertz CT molecular complexity index is 170. The molecule has 0 spiro atoms. The summed E-state index contributed by atoms with van der Waals surface area (Å²) in [6.45, 7) is 2.27. The number of unbranched alkanes of at least 4 members (excludes halogenated alkanes) is 6. The van der Waals surface area contributed by atoms with Crippen molar-refractivity contribution in [2.75, 3.05) is 11.5 Å². The summed E-state index contributed by atoms with van der Waals surface area (Å²) < 4.78 is 0. The van der Waals surface area contributed by atoms with Crippen LogP contribution in [0.5, 0.6) is 0 Å². The Morgan fingerprint density at radius 1 is 1.18 bits per heavy atom. The second kappa shape index (κ2) is 10.2. The number of thioether (sulfide) groups is 1. The molecular formula is C14H30N2S. The minimum absolute atomic E-state index is 0.570. The first-order valence-electron chi connectivity index (χ1n) is 7.42. The highest BCUT2D eigenvalue weighted by Gasteiger charge is 2.23. The lowest BCUT2D eigenvalue weighted by atomic mass is 9.94. The van der Waals surface area contributed by atoms with Crippen LogP contribution in [0.4, 0.5) is 0 Å². The fourth-order valence-electron chi connectivity index (χ4n) is 2.65. The van der Waals surface area contributed by atoms with Gasteiger partial charge in [-0.25, -0.2) is 0 Å². The number of hydrogen-bond donors (Lipinski definition) is 2. The molecule has 0 aromatic rings. The van der Waals surface area contributed by atoms with Gasteiger partial charge in [0.2, 0.25) is 0 Å². The Morgan fingerprint density at radius 3 is 2.47 bits per heavy atom. The third-order valence-corrected chi connectivity index (χ3v) is 5.05. The minimum Gasteiger partial charge on any atom is -0.271 e. The van der Waals surface area contributed by atoms with Crippen molar-refractivity contribution in [3.8, 4) is 0 Å². The van der Waals surface area contributed by atoms with Gasteiger partial charge in [0.1, 0.15) is 0 Å². The topological polar surface area (TPSA) is 38.0 Å². The van der Waals surface area contributed by atoms with Gasteiger partial charge in [0.25, 0.3) is 0 Å². The maximum atomic E-state index is 5.67. The van der Waals surface area contributed by atoms with Crippen LogP contribution in [0, 0.1) is 5.92 Å². The number of nitrogens with one attached hydrogen (secondary N) is 1. The van der Waals surface area contributed by atoms with Crippen LogP contribution in [-0.2, 0) is 0 Å². The molecular weight excluding hydrogens is 228 g/mol. The molecule has 0 bridgehead atoms. The standard InChI is InChI=1S/C14H30N2S/c1-2-3-4-5-6-7-8-9-14(16-15)13-10-11-17-12-13/h13-14,16H,2-12,15H2,1H3. The molecule has 1 heterocycles. The molecule has 1 aliphatic heterocycles. The zero-order chi connectivity index (χ0) is 12.3. The van der Waals surface area contributed by atoms with E-state index in [2.05, 4.69) is 24.1 Å². The first kappa shape index (κ1) is 15.3. The van der Waals surface area contributed by atoms with Crippen LogP contribution in [0.3, 0.4) is 0 Å². The minimum atomic E-state index is 0.570. The van der Waals surface area contributed by atoms with Gasteiger partial charge in [-0.15, -0.1) is 0 Å². The molecule has 0 saturated carbocycles. The van der Waals surface area contributed by atoms with Crippen LogP contribution in [-0.4, -0.2) is 17.5 Å². The van der Waals surface area contributed by atoms with Gasteiger partial charge in [0, 0.05) is 6.04 Å². The predicted octanol–water partition coefficient (Wildman–Crippen LogP) is 3.71. The Labute approximate surface area is 111 Å². The zero-order valence-electron chi connectivity index (χ0n) is 11.4. The fraction of sp³-hybridized carbons (Fsp3) is 1.00.